The average molecular weight is 493 g/mol. The number of nitrogens with zero attached hydrogens (tertiary/aromatic N) is 8. The Morgan fingerprint density at radius 1 is 0.688 bits per heavy atom. The molecule has 16 heteroatoms. The predicted molar refractivity (Wildman–Crippen MR) is 118 cm³/mol. The summed E-state index contributed by atoms with van der Waals surface area (Å²) < 4.78 is 33.6. The van der Waals surface area contributed by atoms with E-state index in [1.165, 1.54) is 0 Å². The molecule has 0 bridgehead atoms. The van der Waals surface area contributed by atoms with Gasteiger partial charge in [0, 0.05) is 61.3 Å². The van der Waals surface area contributed by atoms with E-state index < -0.39 is 17.6 Å². The van der Waals surface area contributed by atoms with E-state index in [0.29, 0.717) is 12.4 Å². The highest BCUT2D eigenvalue weighted by Crippen LogP contribution is 2.16. The summed E-state index contributed by atoms with van der Waals surface area (Å²) in [6, 6.07) is 1.48. The van der Waals surface area contributed by atoms with Crippen LogP contribution in [0.2, 0.25) is 12.1 Å². The molecule has 0 amide bonds. The van der Waals surface area contributed by atoms with E-state index >= 15 is 0 Å². The second-order valence-electron chi connectivity index (χ2n) is 6.68. The Morgan fingerprint density at radius 2 is 1.19 bits per heavy atom. The molecule has 0 aromatic carbocycles. The van der Waals surface area contributed by atoms with Gasteiger partial charge in [0.15, 0.2) is 5.82 Å². The first kappa shape index (κ1) is 28.4. The number of hydrogen-bond acceptors (Lipinski definition) is 12. The van der Waals surface area contributed by atoms with Crippen molar-refractivity contribution in [1.29, 1.82) is 0 Å². The van der Waals surface area contributed by atoms with Crippen molar-refractivity contribution in [3.63, 3.8) is 0 Å². The Hall–Kier alpha value is -1.67. The van der Waals surface area contributed by atoms with Crippen molar-refractivity contribution < 1.29 is 26.6 Å². The summed E-state index contributed by atoms with van der Waals surface area (Å²) in [7, 11) is 4.76. The fraction of sp³-hybridized carbons (Fsp3) is 0.875. The molecule has 0 saturated carbocycles. The lowest BCUT2D eigenvalue weighted by Gasteiger charge is -2.24. The molecule has 2 aromatic rings. The topological polar surface area (TPSA) is 143 Å². The summed E-state index contributed by atoms with van der Waals surface area (Å²) in [4.78, 5) is 1.56. The van der Waals surface area contributed by atoms with Crippen LogP contribution in [0.1, 0.15) is 24.5 Å². The van der Waals surface area contributed by atoms with Crippen LogP contribution >= 0.6 is 0 Å². The zero-order chi connectivity index (χ0) is 24.0. The molecule has 184 valence electrons. The fourth-order valence-corrected chi connectivity index (χ4v) is 6.28. The first-order chi connectivity index (χ1) is 15.3. The number of aromatic nitrogens is 8. The number of tetrazole rings is 2. The van der Waals surface area contributed by atoms with Gasteiger partial charge in [0.05, 0.1) is 6.54 Å². The molecule has 0 saturated heterocycles. The first-order valence-corrected chi connectivity index (χ1v) is 14.0. The van der Waals surface area contributed by atoms with Crippen LogP contribution in [0.4, 0.5) is 0 Å². The molecular weight excluding hydrogens is 456 g/mol. The van der Waals surface area contributed by atoms with E-state index in [1.54, 1.807) is 52.1 Å². The highest BCUT2D eigenvalue weighted by Gasteiger charge is 2.37. The lowest BCUT2D eigenvalue weighted by molar-refractivity contribution is 0.122. The van der Waals surface area contributed by atoms with Crippen LogP contribution in [0, 0.1) is 13.8 Å². The molecule has 0 aliphatic rings. The maximum atomic E-state index is 5.32. The van der Waals surface area contributed by atoms with Crippen molar-refractivity contribution in [2.24, 2.45) is 0 Å². The molecule has 0 radical (unpaired) electrons. The maximum Gasteiger partial charge on any atom is 0.500 e. The van der Waals surface area contributed by atoms with Gasteiger partial charge in [0.25, 0.3) is 0 Å². The van der Waals surface area contributed by atoms with Crippen LogP contribution in [-0.2, 0) is 39.6 Å². The molecule has 2 heterocycles. The second-order valence-corrected chi connectivity index (χ2v) is 12.9. The van der Waals surface area contributed by atoms with E-state index in [2.05, 4.69) is 30.9 Å². The third-order valence-electron chi connectivity index (χ3n) is 4.82. The molecule has 0 atom stereocenters. The van der Waals surface area contributed by atoms with Crippen molar-refractivity contribution in [2.45, 2.75) is 51.9 Å². The Bertz CT molecular complexity index is 740. The smallest absolute Gasteiger partial charge is 0.377 e. The standard InChI is InChI=1S/2C8H18N4O3Si/c1-8-9-10-11-12(8)6-5-7-16(13-2,14-3)15-4;1-8-9-11-12(10-8)6-5-7-16(13-2,14-3)15-4/h2*5-7H2,1-4H3. The molecule has 0 aliphatic heterocycles. The normalized spacial score (nSPS) is 12.0. The number of hydrogen-bond donors (Lipinski definition) is 0. The minimum Gasteiger partial charge on any atom is -0.377 e. The van der Waals surface area contributed by atoms with Gasteiger partial charge in [-0.25, -0.2) is 4.68 Å². The predicted octanol–water partition coefficient (Wildman–Crippen LogP) is 0.499. The lowest BCUT2D eigenvalue weighted by atomic mass is 10.5. The van der Waals surface area contributed by atoms with Gasteiger partial charge in [0.1, 0.15) is 5.82 Å². The molecule has 0 spiro atoms. The van der Waals surface area contributed by atoms with Gasteiger partial charge >= 0.3 is 17.6 Å². The Kier molecular flexibility index (Phi) is 12.8. The summed E-state index contributed by atoms with van der Waals surface area (Å²) >= 11 is 0. The van der Waals surface area contributed by atoms with Gasteiger partial charge in [-0.2, -0.15) is 4.80 Å². The number of aryl methyl sites for hydroxylation is 4. The molecule has 2 aromatic heterocycles. The largest absolute Gasteiger partial charge is 0.500 e. The molecule has 0 N–H and O–H groups in total. The van der Waals surface area contributed by atoms with Crippen molar-refractivity contribution in [3.8, 4) is 0 Å². The molecule has 14 nitrogen and oxygen atoms in total. The SMILES string of the molecule is CO[Si](CCCn1nnc(C)n1)(OC)OC.CO[Si](CCCn1nnnc1C)(OC)OC. The van der Waals surface area contributed by atoms with Crippen LogP contribution in [0.25, 0.3) is 0 Å². The van der Waals surface area contributed by atoms with Gasteiger partial charge < -0.3 is 26.6 Å². The van der Waals surface area contributed by atoms with Crippen LogP contribution in [0.3, 0.4) is 0 Å². The first-order valence-electron chi connectivity index (χ1n) is 10.1. The summed E-state index contributed by atoms with van der Waals surface area (Å²) in [6.45, 7) is 5.10. The summed E-state index contributed by atoms with van der Waals surface area (Å²) in [5.74, 6) is 1.48. The molecular formula is C16H36N8O6Si2. The van der Waals surface area contributed by atoms with Crippen LogP contribution in [0.15, 0.2) is 0 Å². The zero-order valence-corrected chi connectivity index (χ0v) is 22.3. The minimum absolute atomic E-state index is 0.675. The van der Waals surface area contributed by atoms with E-state index in [1.807, 2.05) is 13.8 Å². The molecule has 2 rings (SSSR count). The Morgan fingerprint density at radius 3 is 1.56 bits per heavy atom. The van der Waals surface area contributed by atoms with Crippen LogP contribution < -0.4 is 0 Å². The van der Waals surface area contributed by atoms with E-state index in [-0.39, 0.29) is 0 Å². The average Bonchev–Trinajstić information content (AvgIpc) is 3.43. The Balaban J connectivity index is 0.000000320. The van der Waals surface area contributed by atoms with E-state index in [4.69, 9.17) is 26.6 Å². The fourth-order valence-electron chi connectivity index (χ4n) is 2.87. The van der Waals surface area contributed by atoms with Crippen LogP contribution in [0.5, 0.6) is 0 Å². The van der Waals surface area contributed by atoms with Gasteiger partial charge in [-0.1, -0.05) is 0 Å². The van der Waals surface area contributed by atoms with Crippen molar-refractivity contribution >= 4 is 17.6 Å². The van der Waals surface area contributed by atoms with E-state index in [0.717, 1.165) is 37.3 Å². The monoisotopic (exact) mass is 492 g/mol. The Labute approximate surface area is 191 Å². The van der Waals surface area contributed by atoms with Gasteiger partial charge in [-0.15, -0.1) is 15.3 Å². The van der Waals surface area contributed by atoms with Crippen LogP contribution in [-0.4, -0.2) is 101 Å². The summed E-state index contributed by atoms with van der Waals surface area (Å²) in [5, 5.41) is 23.0. The van der Waals surface area contributed by atoms with E-state index in [9.17, 15) is 0 Å². The number of rotatable bonds is 14. The van der Waals surface area contributed by atoms with Gasteiger partial charge in [-0.05, 0) is 42.3 Å². The maximum absolute atomic E-state index is 5.32. The summed E-state index contributed by atoms with van der Waals surface area (Å²) in [5.41, 5.74) is 0. The minimum atomic E-state index is -2.45. The van der Waals surface area contributed by atoms with Crippen molar-refractivity contribution in [2.75, 3.05) is 42.7 Å². The third kappa shape index (κ3) is 8.70. The highest BCUT2D eigenvalue weighted by atomic mass is 28.4. The molecule has 32 heavy (non-hydrogen) atoms. The quantitative estimate of drug-likeness (QED) is 0.339. The highest BCUT2D eigenvalue weighted by molar-refractivity contribution is 6.60. The third-order valence-corrected chi connectivity index (χ3v) is 10.5. The molecule has 0 fully saturated rings. The molecule has 0 aliphatic carbocycles. The van der Waals surface area contributed by atoms with Crippen molar-refractivity contribution in [1.82, 2.24) is 40.4 Å². The lowest BCUT2D eigenvalue weighted by Crippen LogP contribution is -2.42. The molecule has 0 unspecified atom stereocenters. The van der Waals surface area contributed by atoms with Crippen molar-refractivity contribution in [3.05, 3.63) is 11.6 Å². The second kappa shape index (κ2) is 14.5. The van der Waals surface area contributed by atoms with Gasteiger partial charge in [-0.3, -0.25) is 0 Å². The van der Waals surface area contributed by atoms with Gasteiger partial charge in [0.2, 0.25) is 0 Å². The summed E-state index contributed by atoms with van der Waals surface area (Å²) in [6.07, 6.45) is 1.69. The zero-order valence-electron chi connectivity index (χ0n) is 20.3.